The van der Waals surface area contributed by atoms with E-state index in [1.807, 2.05) is 30.3 Å². The van der Waals surface area contributed by atoms with Crippen molar-refractivity contribution in [3.63, 3.8) is 0 Å². The van der Waals surface area contributed by atoms with Gasteiger partial charge in [-0.15, -0.1) is 11.3 Å². The highest BCUT2D eigenvalue weighted by molar-refractivity contribution is 9.11. The van der Waals surface area contributed by atoms with Crippen molar-refractivity contribution in [2.75, 3.05) is 0 Å². The van der Waals surface area contributed by atoms with Crippen LogP contribution in [-0.4, -0.2) is 10.9 Å². The first-order valence-corrected chi connectivity index (χ1v) is 7.55. The number of halogens is 1. The highest BCUT2D eigenvalue weighted by Crippen LogP contribution is 2.21. The molecular weight excluding hydrogens is 344 g/mol. The molecule has 0 aliphatic carbocycles. The van der Waals surface area contributed by atoms with Crippen LogP contribution in [-0.2, 0) is 0 Å². The molecule has 3 N–H and O–H groups in total. The van der Waals surface area contributed by atoms with Crippen LogP contribution in [0.25, 0.3) is 0 Å². The summed E-state index contributed by atoms with van der Waals surface area (Å²) in [4.78, 5) is 12.4. The van der Waals surface area contributed by atoms with E-state index in [4.69, 9.17) is 18.0 Å². The lowest BCUT2D eigenvalue weighted by Crippen LogP contribution is -2.36. The Balaban J connectivity index is 2.18. The van der Waals surface area contributed by atoms with Crippen LogP contribution in [0.4, 0.5) is 0 Å². The third kappa shape index (κ3) is 3.62. The molecule has 98 valence electrons. The molecule has 1 unspecified atom stereocenters. The zero-order chi connectivity index (χ0) is 13.8. The molecule has 0 fully saturated rings. The first-order chi connectivity index (χ1) is 9.08. The molecule has 0 bridgehead atoms. The molecule has 0 saturated heterocycles. The minimum Gasteiger partial charge on any atom is -0.391 e. The molecule has 0 aliphatic rings. The van der Waals surface area contributed by atoms with E-state index in [9.17, 15) is 4.79 Å². The predicted molar refractivity (Wildman–Crippen MR) is 85.5 cm³/mol. The predicted octanol–water partition coefficient (Wildman–Crippen LogP) is 3.27. The third-order valence-corrected chi connectivity index (χ3v) is 4.26. The quantitative estimate of drug-likeness (QED) is 0.828. The summed E-state index contributed by atoms with van der Waals surface area (Å²) in [5.74, 6) is -0.191. The van der Waals surface area contributed by atoms with Crippen molar-refractivity contribution in [1.29, 1.82) is 0 Å². The van der Waals surface area contributed by atoms with Gasteiger partial charge in [0.2, 0.25) is 0 Å². The van der Waals surface area contributed by atoms with Gasteiger partial charge in [0.1, 0.15) is 11.0 Å². The van der Waals surface area contributed by atoms with Crippen molar-refractivity contribution >= 4 is 50.4 Å². The normalized spacial score (nSPS) is 11.8. The summed E-state index contributed by atoms with van der Waals surface area (Å²) >= 11 is 9.81. The highest BCUT2D eigenvalue weighted by atomic mass is 79.9. The van der Waals surface area contributed by atoms with E-state index in [2.05, 4.69) is 21.2 Å². The molecular formula is C13H11BrN2OS2. The monoisotopic (exact) mass is 354 g/mol. The Bertz CT molecular complexity index is 598. The van der Waals surface area contributed by atoms with Gasteiger partial charge in [-0.25, -0.2) is 0 Å². The van der Waals surface area contributed by atoms with Crippen molar-refractivity contribution in [3.05, 3.63) is 56.7 Å². The number of carbonyl (C=O) groups excluding carboxylic acids is 1. The van der Waals surface area contributed by atoms with Gasteiger partial charge in [-0.05, 0) is 27.6 Å². The number of benzene rings is 1. The molecule has 0 saturated carbocycles. The number of thiophene rings is 1. The standard InChI is InChI=1S/C13H11BrN2OS2/c14-10-6-9(7-19-10)13(17)16-11(12(15)18)8-4-2-1-3-5-8/h1-7,11H,(H2,15,18)(H,16,17). The van der Waals surface area contributed by atoms with Gasteiger partial charge in [0.25, 0.3) is 5.91 Å². The molecule has 2 aromatic rings. The fourth-order valence-electron chi connectivity index (χ4n) is 1.61. The smallest absolute Gasteiger partial charge is 0.252 e. The van der Waals surface area contributed by atoms with Crippen LogP contribution in [0, 0.1) is 0 Å². The second-order valence-corrected chi connectivity index (χ2v) is 6.62. The van der Waals surface area contributed by atoms with Gasteiger partial charge < -0.3 is 11.1 Å². The molecule has 0 spiro atoms. The molecule has 3 nitrogen and oxygen atoms in total. The summed E-state index contributed by atoms with van der Waals surface area (Å²) in [6, 6.07) is 10.7. The Morgan fingerprint density at radius 2 is 2.05 bits per heavy atom. The van der Waals surface area contributed by atoms with Gasteiger partial charge >= 0.3 is 0 Å². The first-order valence-electron chi connectivity index (χ1n) is 5.47. The number of carbonyl (C=O) groups is 1. The largest absolute Gasteiger partial charge is 0.391 e. The number of thiocarbonyl (C=S) groups is 1. The van der Waals surface area contributed by atoms with Crippen LogP contribution in [0.2, 0.25) is 0 Å². The molecule has 2 rings (SSSR count). The lowest BCUT2D eigenvalue weighted by Gasteiger charge is -2.17. The summed E-state index contributed by atoms with van der Waals surface area (Å²) < 4.78 is 0.907. The Labute approximate surface area is 129 Å². The van der Waals surface area contributed by atoms with Gasteiger partial charge in [0.05, 0.1) is 9.35 Å². The highest BCUT2D eigenvalue weighted by Gasteiger charge is 2.18. The topological polar surface area (TPSA) is 55.1 Å². The Hall–Kier alpha value is -1.24. The van der Waals surface area contributed by atoms with Gasteiger partial charge in [0, 0.05) is 5.38 Å². The SMILES string of the molecule is NC(=S)C(NC(=O)c1csc(Br)c1)c1ccccc1. The van der Waals surface area contributed by atoms with Crippen molar-refractivity contribution in [3.8, 4) is 0 Å². The van der Waals surface area contributed by atoms with Crippen LogP contribution in [0.3, 0.4) is 0 Å². The molecule has 1 aromatic heterocycles. The molecule has 19 heavy (non-hydrogen) atoms. The fraction of sp³-hybridized carbons (Fsp3) is 0.0769. The second-order valence-electron chi connectivity index (χ2n) is 3.86. The van der Waals surface area contributed by atoms with E-state index in [1.165, 1.54) is 11.3 Å². The van der Waals surface area contributed by atoms with Crippen LogP contribution in [0.5, 0.6) is 0 Å². The maximum absolute atomic E-state index is 12.1. The van der Waals surface area contributed by atoms with E-state index in [0.717, 1.165) is 9.35 Å². The van der Waals surface area contributed by atoms with E-state index in [0.29, 0.717) is 5.56 Å². The van der Waals surface area contributed by atoms with Crippen molar-refractivity contribution in [2.45, 2.75) is 6.04 Å². The number of nitrogens with one attached hydrogen (secondary N) is 1. The van der Waals surface area contributed by atoms with Gasteiger partial charge in [-0.1, -0.05) is 42.5 Å². The summed E-state index contributed by atoms with van der Waals surface area (Å²) in [5, 5.41) is 4.62. The van der Waals surface area contributed by atoms with Crippen LogP contribution < -0.4 is 11.1 Å². The number of rotatable bonds is 4. The third-order valence-electron chi connectivity index (χ3n) is 2.52. The van der Waals surface area contributed by atoms with Crippen molar-refractivity contribution < 1.29 is 4.79 Å². The van der Waals surface area contributed by atoms with E-state index >= 15 is 0 Å². The average Bonchev–Trinajstić information content (AvgIpc) is 2.83. The summed E-state index contributed by atoms with van der Waals surface area (Å²) in [6.45, 7) is 0. The van der Waals surface area contributed by atoms with Crippen LogP contribution >= 0.6 is 39.5 Å². The molecule has 1 aromatic carbocycles. The maximum atomic E-state index is 12.1. The summed E-state index contributed by atoms with van der Waals surface area (Å²) in [5.41, 5.74) is 7.17. The maximum Gasteiger partial charge on any atom is 0.252 e. The molecule has 0 aliphatic heterocycles. The first kappa shape index (κ1) is 14.2. The number of nitrogens with two attached hydrogens (primary N) is 1. The van der Waals surface area contributed by atoms with Crippen LogP contribution in [0.1, 0.15) is 22.0 Å². The van der Waals surface area contributed by atoms with Crippen molar-refractivity contribution in [1.82, 2.24) is 5.32 Å². The van der Waals surface area contributed by atoms with E-state index < -0.39 is 6.04 Å². The lowest BCUT2D eigenvalue weighted by molar-refractivity contribution is 0.0947. The molecule has 1 atom stereocenters. The molecule has 6 heteroatoms. The lowest BCUT2D eigenvalue weighted by atomic mass is 10.1. The van der Waals surface area contributed by atoms with Crippen LogP contribution in [0.15, 0.2) is 45.6 Å². The van der Waals surface area contributed by atoms with E-state index in [1.54, 1.807) is 11.4 Å². The Kier molecular flexibility index (Phi) is 4.68. The zero-order valence-corrected chi connectivity index (χ0v) is 13.0. The summed E-state index contributed by atoms with van der Waals surface area (Å²) in [6.07, 6.45) is 0. The Morgan fingerprint density at radius 3 is 2.58 bits per heavy atom. The number of amides is 1. The molecule has 1 heterocycles. The summed E-state index contributed by atoms with van der Waals surface area (Å²) in [7, 11) is 0. The zero-order valence-electron chi connectivity index (χ0n) is 9.80. The van der Waals surface area contributed by atoms with Gasteiger partial charge in [-0.2, -0.15) is 0 Å². The fourth-order valence-corrected chi connectivity index (χ4v) is 2.94. The molecule has 0 radical (unpaired) electrons. The van der Waals surface area contributed by atoms with E-state index in [-0.39, 0.29) is 10.9 Å². The van der Waals surface area contributed by atoms with Crippen molar-refractivity contribution in [2.24, 2.45) is 5.73 Å². The second kappa shape index (κ2) is 6.27. The minimum absolute atomic E-state index is 0.191. The number of hydrogen-bond acceptors (Lipinski definition) is 3. The average molecular weight is 355 g/mol. The van der Waals surface area contributed by atoms with Gasteiger partial charge in [-0.3, -0.25) is 4.79 Å². The molecule has 1 amide bonds. The Morgan fingerprint density at radius 1 is 1.37 bits per heavy atom. The minimum atomic E-state index is -0.456. The number of hydrogen-bond donors (Lipinski definition) is 2. The van der Waals surface area contributed by atoms with Gasteiger partial charge in [0.15, 0.2) is 0 Å².